The van der Waals surface area contributed by atoms with E-state index in [-0.39, 0.29) is 17.9 Å². The van der Waals surface area contributed by atoms with Gasteiger partial charge in [-0.3, -0.25) is 14.3 Å². The van der Waals surface area contributed by atoms with Crippen molar-refractivity contribution in [2.45, 2.75) is 64.1 Å². The molecule has 1 aromatic heterocycles. The summed E-state index contributed by atoms with van der Waals surface area (Å²) in [7, 11) is 0. The van der Waals surface area contributed by atoms with Crippen LogP contribution in [-0.2, 0) is 22.7 Å². The van der Waals surface area contributed by atoms with Gasteiger partial charge in [-0.1, -0.05) is 6.08 Å². The van der Waals surface area contributed by atoms with E-state index in [1.165, 1.54) is 6.42 Å². The highest BCUT2D eigenvalue weighted by Gasteiger charge is 2.33. The van der Waals surface area contributed by atoms with E-state index in [0.29, 0.717) is 19.5 Å². The molecule has 3 aliphatic rings. The van der Waals surface area contributed by atoms with E-state index >= 15 is 0 Å². The van der Waals surface area contributed by atoms with Gasteiger partial charge >= 0.3 is 0 Å². The molecule has 0 N–H and O–H groups in total. The predicted molar refractivity (Wildman–Crippen MR) is 93.5 cm³/mol. The number of carbonyl (C=O) groups excluding carboxylic acids is 2. The fraction of sp³-hybridized carbons (Fsp3) is 0.632. The molecule has 4 rings (SSSR count). The third-order valence-electron chi connectivity index (χ3n) is 5.68. The molecule has 2 amide bonds. The normalized spacial score (nSPS) is 24.1. The van der Waals surface area contributed by atoms with Gasteiger partial charge in [0.05, 0.1) is 18.3 Å². The summed E-state index contributed by atoms with van der Waals surface area (Å²) in [6.45, 7) is 2.87. The van der Waals surface area contributed by atoms with E-state index in [9.17, 15) is 9.59 Å². The maximum Gasteiger partial charge on any atom is 0.250 e. The summed E-state index contributed by atoms with van der Waals surface area (Å²) in [6, 6.07) is 2.07. The van der Waals surface area contributed by atoms with Gasteiger partial charge in [0, 0.05) is 37.8 Å². The molecule has 1 aliphatic carbocycles. The third-order valence-corrected chi connectivity index (χ3v) is 5.68. The Morgan fingerprint density at radius 2 is 2.12 bits per heavy atom. The minimum Gasteiger partial charge on any atom is -0.341 e. The SMILES string of the molecule is O=C1CCCN1C[C@@H]1CCn2nccc2CN1C(=O)C1=CCCCC1. The molecule has 25 heavy (non-hydrogen) atoms. The topological polar surface area (TPSA) is 58.4 Å². The predicted octanol–water partition coefficient (Wildman–Crippen LogP) is 2.11. The number of rotatable bonds is 3. The maximum absolute atomic E-state index is 13.2. The first-order chi connectivity index (χ1) is 12.2. The molecule has 134 valence electrons. The lowest BCUT2D eigenvalue weighted by molar-refractivity contribution is -0.134. The summed E-state index contributed by atoms with van der Waals surface area (Å²) in [5, 5.41) is 4.39. The molecule has 0 saturated carbocycles. The van der Waals surface area contributed by atoms with E-state index in [2.05, 4.69) is 11.2 Å². The molecule has 1 atom stereocenters. The van der Waals surface area contributed by atoms with Crippen LogP contribution in [0.3, 0.4) is 0 Å². The lowest BCUT2D eigenvalue weighted by atomic mass is 9.97. The Labute approximate surface area is 148 Å². The summed E-state index contributed by atoms with van der Waals surface area (Å²) >= 11 is 0. The van der Waals surface area contributed by atoms with E-state index in [1.807, 2.05) is 26.7 Å². The molecule has 0 unspecified atom stereocenters. The molecule has 0 spiro atoms. The highest BCUT2D eigenvalue weighted by atomic mass is 16.2. The molecule has 6 heteroatoms. The number of fused-ring (bicyclic) bond motifs is 1. The largest absolute Gasteiger partial charge is 0.341 e. The number of aryl methyl sites for hydroxylation is 1. The Morgan fingerprint density at radius 1 is 1.20 bits per heavy atom. The summed E-state index contributed by atoms with van der Waals surface area (Å²) < 4.78 is 2.00. The lowest BCUT2D eigenvalue weighted by Gasteiger charge is -2.34. The third kappa shape index (κ3) is 3.34. The number of nitrogens with zero attached hydrogens (tertiary/aromatic N) is 4. The van der Waals surface area contributed by atoms with Crippen LogP contribution in [0, 0.1) is 0 Å². The van der Waals surface area contributed by atoms with Crippen molar-refractivity contribution in [2.24, 2.45) is 0 Å². The Balaban J connectivity index is 1.58. The van der Waals surface area contributed by atoms with E-state index in [4.69, 9.17) is 0 Å². The fourth-order valence-electron chi connectivity index (χ4n) is 4.22. The van der Waals surface area contributed by atoms with Gasteiger partial charge in [0.25, 0.3) is 0 Å². The molecule has 2 aliphatic heterocycles. The zero-order valence-electron chi connectivity index (χ0n) is 14.7. The average molecular weight is 342 g/mol. The molecule has 3 heterocycles. The van der Waals surface area contributed by atoms with Crippen LogP contribution in [0.1, 0.15) is 50.6 Å². The van der Waals surface area contributed by atoms with Crippen molar-refractivity contribution in [3.05, 3.63) is 29.6 Å². The minimum atomic E-state index is 0.0686. The number of carbonyl (C=O) groups is 2. The quantitative estimate of drug-likeness (QED) is 0.845. The van der Waals surface area contributed by atoms with Gasteiger partial charge < -0.3 is 9.80 Å². The Kier molecular flexibility index (Phi) is 4.59. The molecule has 1 aromatic rings. The van der Waals surface area contributed by atoms with Crippen LogP contribution >= 0.6 is 0 Å². The molecular weight excluding hydrogens is 316 g/mol. The number of hydrogen-bond donors (Lipinski definition) is 0. The zero-order chi connectivity index (χ0) is 17.2. The van der Waals surface area contributed by atoms with E-state index in [1.54, 1.807) is 0 Å². The standard InChI is InChI=1S/C19H26N4O2/c24-18-7-4-11-21(18)13-16-9-12-23-17(8-10-20-23)14-22(16)19(25)15-5-2-1-3-6-15/h5,8,10,16H,1-4,6-7,9,11-14H2/t16-/m0/s1. The van der Waals surface area contributed by atoms with Crippen molar-refractivity contribution < 1.29 is 9.59 Å². The first-order valence-electron chi connectivity index (χ1n) is 9.51. The van der Waals surface area contributed by atoms with E-state index in [0.717, 1.165) is 56.5 Å². The average Bonchev–Trinajstić information content (AvgIpc) is 3.21. The minimum absolute atomic E-state index is 0.0686. The number of hydrogen-bond acceptors (Lipinski definition) is 3. The Morgan fingerprint density at radius 3 is 2.88 bits per heavy atom. The van der Waals surface area contributed by atoms with Gasteiger partial charge in [-0.05, 0) is 44.6 Å². The van der Waals surface area contributed by atoms with Gasteiger partial charge in [0.15, 0.2) is 0 Å². The van der Waals surface area contributed by atoms with Crippen molar-refractivity contribution in [1.29, 1.82) is 0 Å². The smallest absolute Gasteiger partial charge is 0.250 e. The van der Waals surface area contributed by atoms with Crippen molar-refractivity contribution in [1.82, 2.24) is 19.6 Å². The van der Waals surface area contributed by atoms with Crippen LogP contribution in [0.2, 0.25) is 0 Å². The summed E-state index contributed by atoms with van der Waals surface area (Å²) in [5.41, 5.74) is 2.04. The second kappa shape index (κ2) is 7.02. The molecule has 0 aromatic carbocycles. The number of allylic oxidation sites excluding steroid dienone is 1. The van der Waals surface area contributed by atoms with Crippen LogP contribution in [0.25, 0.3) is 0 Å². The maximum atomic E-state index is 13.2. The van der Waals surface area contributed by atoms with Crippen molar-refractivity contribution in [2.75, 3.05) is 13.1 Å². The summed E-state index contributed by atoms with van der Waals surface area (Å²) in [6.07, 6.45) is 10.5. The first kappa shape index (κ1) is 16.4. The van der Waals surface area contributed by atoms with Crippen LogP contribution in [-0.4, -0.2) is 50.5 Å². The highest BCUT2D eigenvalue weighted by Crippen LogP contribution is 2.25. The first-order valence-corrected chi connectivity index (χ1v) is 9.51. The summed E-state index contributed by atoms with van der Waals surface area (Å²) in [4.78, 5) is 29.2. The second-order valence-corrected chi connectivity index (χ2v) is 7.34. The van der Waals surface area contributed by atoms with Crippen LogP contribution in [0.4, 0.5) is 0 Å². The number of likely N-dealkylation sites (tertiary alicyclic amines) is 1. The van der Waals surface area contributed by atoms with Crippen LogP contribution in [0.15, 0.2) is 23.9 Å². The van der Waals surface area contributed by atoms with Crippen LogP contribution in [0.5, 0.6) is 0 Å². The van der Waals surface area contributed by atoms with Gasteiger partial charge in [-0.25, -0.2) is 0 Å². The molecule has 1 fully saturated rings. The number of amides is 2. The molecular formula is C19H26N4O2. The fourth-order valence-corrected chi connectivity index (χ4v) is 4.22. The zero-order valence-corrected chi connectivity index (χ0v) is 14.7. The van der Waals surface area contributed by atoms with Crippen LogP contribution < -0.4 is 0 Å². The van der Waals surface area contributed by atoms with Crippen molar-refractivity contribution >= 4 is 11.8 Å². The van der Waals surface area contributed by atoms with E-state index < -0.39 is 0 Å². The van der Waals surface area contributed by atoms with Gasteiger partial charge in [-0.15, -0.1) is 0 Å². The molecule has 0 bridgehead atoms. The molecule has 0 radical (unpaired) electrons. The monoisotopic (exact) mass is 342 g/mol. The molecule has 1 saturated heterocycles. The molecule has 6 nitrogen and oxygen atoms in total. The van der Waals surface area contributed by atoms with Gasteiger partial charge in [0.2, 0.25) is 11.8 Å². The van der Waals surface area contributed by atoms with Gasteiger partial charge in [-0.2, -0.15) is 5.10 Å². The van der Waals surface area contributed by atoms with Crippen molar-refractivity contribution in [3.8, 4) is 0 Å². The van der Waals surface area contributed by atoms with Crippen molar-refractivity contribution in [3.63, 3.8) is 0 Å². The number of aromatic nitrogens is 2. The highest BCUT2D eigenvalue weighted by molar-refractivity contribution is 5.93. The summed E-state index contributed by atoms with van der Waals surface area (Å²) in [5.74, 6) is 0.386. The lowest BCUT2D eigenvalue weighted by Crippen LogP contribution is -2.47. The Hall–Kier alpha value is -2.11. The Bertz CT molecular complexity index is 693. The second-order valence-electron chi connectivity index (χ2n) is 7.34. The van der Waals surface area contributed by atoms with Gasteiger partial charge in [0.1, 0.15) is 0 Å².